The number of thioether (sulfide) groups is 1. The van der Waals surface area contributed by atoms with Crippen molar-refractivity contribution >= 4 is 11.8 Å². The Balaban J connectivity index is 1.61. The van der Waals surface area contributed by atoms with Gasteiger partial charge in [-0.15, -0.1) is 0 Å². The van der Waals surface area contributed by atoms with Gasteiger partial charge in [0.15, 0.2) is 0 Å². The molecule has 1 spiro atoms. The van der Waals surface area contributed by atoms with Crippen LogP contribution in [0, 0.1) is 5.41 Å². The van der Waals surface area contributed by atoms with E-state index in [-0.39, 0.29) is 0 Å². The highest BCUT2D eigenvalue weighted by Crippen LogP contribution is 2.51. The summed E-state index contributed by atoms with van der Waals surface area (Å²) in [7, 11) is 0. The summed E-state index contributed by atoms with van der Waals surface area (Å²) in [5.74, 6) is 2.72. The van der Waals surface area contributed by atoms with Gasteiger partial charge in [0.05, 0.1) is 0 Å². The monoisotopic (exact) mass is 224 g/mol. The third-order valence-corrected chi connectivity index (χ3v) is 5.21. The minimum Gasteiger partial charge on any atom is -0.162 e. The Hall–Kier alpha value is 0.0900. The molecule has 0 heterocycles. The third kappa shape index (κ3) is 3.03. The summed E-state index contributed by atoms with van der Waals surface area (Å²) in [5.41, 5.74) is 2.50. The van der Waals surface area contributed by atoms with Crippen molar-refractivity contribution < 1.29 is 0 Å². The average Bonchev–Trinajstić information content (AvgIpc) is 2.62. The molecule has 15 heavy (non-hydrogen) atoms. The molecule has 0 aromatic heterocycles. The third-order valence-electron chi connectivity index (χ3n) is 3.94. The number of hydrogen-bond acceptors (Lipinski definition) is 1. The van der Waals surface area contributed by atoms with Crippen molar-refractivity contribution in [1.82, 2.24) is 0 Å². The van der Waals surface area contributed by atoms with Crippen LogP contribution in [0.15, 0.2) is 11.6 Å². The molecule has 0 atom stereocenters. The second-order valence-corrected chi connectivity index (χ2v) is 6.46. The molecule has 0 bridgehead atoms. The van der Waals surface area contributed by atoms with Crippen LogP contribution in [0.2, 0.25) is 0 Å². The predicted octanol–water partition coefficient (Wildman–Crippen LogP) is 4.80. The lowest BCUT2D eigenvalue weighted by atomic mass is 9.69. The van der Waals surface area contributed by atoms with E-state index >= 15 is 0 Å². The molecule has 0 nitrogen and oxygen atoms in total. The highest BCUT2D eigenvalue weighted by Gasteiger charge is 2.37. The zero-order valence-corrected chi connectivity index (χ0v) is 10.9. The first-order valence-electron chi connectivity index (χ1n) is 6.63. The Morgan fingerprint density at radius 1 is 1.27 bits per heavy atom. The Morgan fingerprint density at radius 3 is 2.73 bits per heavy atom. The van der Waals surface area contributed by atoms with E-state index in [9.17, 15) is 0 Å². The van der Waals surface area contributed by atoms with Gasteiger partial charge in [-0.1, -0.05) is 25.0 Å². The molecule has 0 aromatic rings. The van der Waals surface area contributed by atoms with Gasteiger partial charge in [0.2, 0.25) is 0 Å². The smallest absolute Gasteiger partial charge is 0.00645 e. The van der Waals surface area contributed by atoms with Crippen molar-refractivity contribution in [2.24, 2.45) is 5.41 Å². The van der Waals surface area contributed by atoms with Crippen LogP contribution in [0.5, 0.6) is 0 Å². The zero-order valence-electron chi connectivity index (χ0n) is 10.1. The molecule has 0 amide bonds. The number of rotatable bonds is 6. The van der Waals surface area contributed by atoms with Crippen LogP contribution in [0.1, 0.15) is 58.3 Å². The quantitative estimate of drug-likeness (QED) is 0.461. The first-order valence-corrected chi connectivity index (χ1v) is 7.78. The molecule has 0 aromatic carbocycles. The van der Waals surface area contributed by atoms with Gasteiger partial charge in [-0.2, -0.15) is 11.8 Å². The maximum absolute atomic E-state index is 2.65. The molecular weight excluding hydrogens is 200 g/mol. The number of allylic oxidation sites excluding steroid dienone is 2. The lowest BCUT2D eigenvalue weighted by molar-refractivity contribution is 0.202. The zero-order chi connectivity index (χ0) is 10.6. The van der Waals surface area contributed by atoms with Gasteiger partial charge in [-0.05, 0) is 61.9 Å². The Morgan fingerprint density at radius 2 is 2.13 bits per heavy atom. The summed E-state index contributed by atoms with van der Waals surface area (Å²) < 4.78 is 0. The van der Waals surface area contributed by atoms with E-state index in [0.29, 0.717) is 5.41 Å². The maximum atomic E-state index is 2.65. The van der Waals surface area contributed by atoms with Gasteiger partial charge in [-0.3, -0.25) is 0 Å². The standard InChI is InChI=1S/C14H24S/c1-2-10-15-11-3-5-13-6-9-14(12-13)7-4-8-14/h12H,2-11H2,1H3. The van der Waals surface area contributed by atoms with Crippen LogP contribution in [0.3, 0.4) is 0 Å². The maximum Gasteiger partial charge on any atom is -0.00645 e. The van der Waals surface area contributed by atoms with Crippen molar-refractivity contribution in [3.8, 4) is 0 Å². The van der Waals surface area contributed by atoms with Crippen LogP contribution < -0.4 is 0 Å². The Kier molecular flexibility index (Phi) is 4.19. The average molecular weight is 224 g/mol. The van der Waals surface area contributed by atoms with Gasteiger partial charge in [0, 0.05) is 0 Å². The second kappa shape index (κ2) is 5.43. The van der Waals surface area contributed by atoms with E-state index in [1.165, 1.54) is 62.9 Å². The summed E-state index contributed by atoms with van der Waals surface area (Å²) >= 11 is 2.13. The first kappa shape index (κ1) is 11.6. The normalized spacial score (nSPS) is 22.9. The van der Waals surface area contributed by atoms with Crippen molar-refractivity contribution in [3.05, 3.63) is 11.6 Å². The summed E-state index contributed by atoms with van der Waals surface area (Å²) in [6, 6.07) is 0. The molecule has 0 unspecified atom stereocenters. The fraction of sp³-hybridized carbons (Fsp3) is 0.857. The van der Waals surface area contributed by atoms with Gasteiger partial charge in [0.1, 0.15) is 0 Å². The fourth-order valence-corrected chi connectivity index (χ4v) is 3.70. The molecule has 86 valence electrons. The van der Waals surface area contributed by atoms with Crippen molar-refractivity contribution in [2.45, 2.75) is 58.3 Å². The summed E-state index contributed by atoms with van der Waals surface area (Å²) in [6.45, 7) is 2.27. The molecule has 1 fully saturated rings. The lowest BCUT2D eigenvalue weighted by Crippen LogP contribution is -2.23. The minimum absolute atomic E-state index is 0.714. The van der Waals surface area contributed by atoms with Gasteiger partial charge in [-0.25, -0.2) is 0 Å². The number of hydrogen-bond donors (Lipinski definition) is 0. The molecule has 1 heteroatoms. The minimum atomic E-state index is 0.714. The van der Waals surface area contributed by atoms with Gasteiger partial charge in [0.25, 0.3) is 0 Å². The van der Waals surface area contributed by atoms with E-state index in [1.54, 1.807) is 5.57 Å². The van der Waals surface area contributed by atoms with Crippen LogP contribution in [0.25, 0.3) is 0 Å². The van der Waals surface area contributed by atoms with Crippen LogP contribution >= 0.6 is 11.8 Å². The Labute approximate surface area is 98.9 Å². The molecule has 1 saturated carbocycles. The van der Waals surface area contributed by atoms with Crippen molar-refractivity contribution in [2.75, 3.05) is 11.5 Å². The molecular formula is C14H24S. The van der Waals surface area contributed by atoms with Crippen LogP contribution in [-0.2, 0) is 0 Å². The van der Waals surface area contributed by atoms with E-state index in [2.05, 4.69) is 24.8 Å². The highest BCUT2D eigenvalue weighted by molar-refractivity contribution is 7.99. The molecule has 2 aliphatic rings. The van der Waals surface area contributed by atoms with Crippen LogP contribution in [0.4, 0.5) is 0 Å². The van der Waals surface area contributed by atoms with E-state index < -0.39 is 0 Å². The lowest BCUT2D eigenvalue weighted by Gasteiger charge is -2.36. The van der Waals surface area contributed by atoms with Crippen molar-refractivity contribution in [3.63, 3.8) is 0 Å². The summed E-state index contributed by atoms with van der Waals surface area (Å²) in [6.07, 6.45) is 14.1. The molecule has 0 saturated heterocycles. The molecule has 2 aliphatic carbocycles. The molecule has 2 rings (SSSR count). The molecule has 0 radical (unpaired) electrons. The Bertz CT molecular complexity index is 225. The summed E-state index contributed by atoms with van der Waals surface area (Å²) in [5, 5.41) is 0. The SMILES string of the molecule is CCCSCCCC1=CC2(CCC2)CC1. The topological polar surface area (TPSA) is 0 Å². The van der Waals surface area contributed by atoms with Gasteiger partial charge >= 0.3 is 0 Å². The van der Waals surface area contributed by atoms with Crippen molar-refractivity contribution in [1.29, 1.82) is 0 Å². The fourth-order valence-electron chi connectivity index (χ4n) is 2.86. The van der Waals surface area contributed by atoms with E-state index in [0.717, 1.165) is 0 Å². The van der Waals surface area contributed by atoms with Gasteiger partial charge < -0.3 is 0 Å². The second-order valence-electron chi connectivity index (χ2n) is 5.23. The summed E-state index contributed by atoms with van der Waals surface area (Å²) in [4.78, 5) is 0. The largest absolute Gasteiger partial charge is 0.162 e. The van der Waals surface area contributed by atoms with E-state index in [4.69, 9.17) is 0 Å². The molecule has 0 aliphatic heterocycles. The predicted molar refractivity (Wildman–Crippen MR) is 70.5 cm³/mol. The first-order chi connectivity index (χ1) is 7.35. The van der Waals surface area contributed by atoms with Crippen LogP contribution in [-0.4, -0.2) is 11.5 Å². The highest BCUT2D eigenvalue weighted by atomic mass is 32.2. The van der Waals surface area contributed by atoms with E-state index in [1.807, 2.05) is 0 Å². The molecule has 0 N–H and O–H groups in total.